The fraction of sp³-hybridized carbons (Fsp3) is 0.316. The largest absolute Gasteiger partial charge is 0.392 e. The zero-order valence-electron chi connectivity index (χ0n) is 14.3. The zero-order valence-corrected chi connectivity index (χ0v) is 14.3. The Labute approximate surface area is 151 Å². The van der Waals surface area contributed by atoms with Gasteiger partial charge in [-0.1, -0.05) is 30.3 Å². The molecule has 1 saturated heterocycles. The van der Waals surface area contributed by atoms with Crippen molar-refractivity contribution in [3.63, 3.8) is 0 Å². The molecule has 0 unspecified atom stereocenters. The molecule has 0 bridgehead atoms. The lowest BCUT2D eigenvalue weighted by Gasteiger charge is -2.27. The van der Waals surface area contributed by atoms with Crippen LogP contribution in [0.4, 0.5) is 0 Å². The van der Waals surface area contributed by atoms with Crippen molar-refractivity contribution in [1.82, 2.24) is 25.2 Å². The van der Waals surface area contributed by atoms with E-state index in [9.17, 15) is 9.90 Å². The minimum atomic E-state index is -0.427. The first-order chi connectivity index (χ1) is 12.7. The van der Waals surface area contributed by atoms with Crippen molar-refractivity contribution >= 4 is 17.1 Å². The van der Waals surface area contributed by atoms with Crippen molar-refractivity contribution in [3.05, 3.63) is 60.0 Å². The van der Waals surface area contributed by atoms with Crippen LogP contribution in [0, 0.1) is 0 Å². The van der Waals surface area contributed by atoms with E-state index in [0.717, 1.165) is 5.65 Å². The molecule has 2 aromatic heterocycles. The molecule has 0 spiro atoms. The monoisotopic (exact) mass is 351 g/mol. The summed E-state index contributed by atoms with van der Waals surface area (Å²) in [4.78, 5) is 21.3. The number of piperidine rings is 1. The first kappa shape index (κ1) is 16.7. The third kappa shape index (κ3) is 3.58. The zero-order chi connectivity index (χ0) is 17.9. The van der Waals surface area contributed by atoms with E-state index in [1.807, 2.05) is 22.8 Å². The molecular formula is C19H21N5O2. The van der Waals surface area contributed by atoms with Gasteiger partial charge in [-0.25, -0.2) is 9.97 Å². The lowest BCUT2D eigenvalue weighted by molar-refractivity contribution is 0.0876. The molecule has 26 heavy (non-hydrogen) atoms. The van der Waals surface area contributed by atoms with Gasteiger partial charge in [-0.15, -0.1) is 0 Å². The molecule has 1 amide bonds. The third-order valence-corrected chi connectivity index (χ3v) is 4.58. The van der Waals surface area contributed by atoms with E-state index in [1.165, 1.54) is 5.56 Å². The van der Waals surface area contributed by atoms with E-state index in [1.54, 1.807) is 18.6 Å². The number of carbonyl (C=O) groups excluding carboxylic acids is 1. The second kappa shape index (κ2) is 7.23. The topological polar surface area (TPSA) is 92.1 Å². The van der Waals surface area contributed by atoms with Gasteiger partial charge in [0.15, 0.2) is 5.65 Å². The molecule has 2 atom stereocenters. The fourth-order valence-corrected chi connectivity index (χ4v) is 3.27. The van der Waals surface area contributed by atoms with Gasteiger partial charge in [-0.2, -0.15) is 0 Å². The fourth-order valence-electron chi connectivity index (χ4n) is 3.27. The predicted octanol–water partition coefficient (Wildman–Crippen LogP) is 0.932. The van der Waals surface area contributed by atoms with E-state index in [4.69, 9.17) is 0 Å². The molecule has 3 heterocycles. The van der Waals surface area contributed by atoms with Gasteiger partial charge in [0.1, 0.15) is 5.52 Å². The molecule has 1 aliphatic heterocycles. The molecule has 3 N–H and O–H groups in total. The molecule has 7 nitrogen and oxygen atoms in total. The molecule has 0 saturated carbocycles. The lowest BCUT2D eigenvalue weighted by atomic mass is 10.0. The Hall–Kier alpha value is -2.77. The van der Waals surface area contributed by atoms with Crippen molar-refractivity contribution in [2.24, 2.45) is 0 Å². The van der Waals surface area contributed by atoms with E-state index < -0.39 is 6.10 Å². The standard InChI is InChI=1S/C19H21N5O2/c25-16-7-15(9-20-10-16)23-19(26)14-6-17-18(21-8-14)24(12-22-17)11-13-4-2-1-3-5-13/h1-6,8,12,15-16,20,25H,7,9-11H2,(H,23,26)/t15-,16+/m0/s1. The van der Waals surface area contributed by atoms with E-state index in [2.05, 4.69) is 32.7 Å². The van der Waals surface area contributed by atoms with Gasteiger partial charge in [0, 0.05) is 25.3 Å². The number of aromatic nitrogens is 3. The second-order valence-electron chi connectivity index (χ2n) is 6.64. The van der Waals surface area contributed by atoms with Crippen LogP contribution < -0.4 is 10.6 Å². The second-order valence-corrected chi connectivity index (χ2v) is 6.64. The van der Waals surface area contributed by atoms with Crippen LogP contribution in [0.3, 0.4) is 0 Å². The highest BCUT2D eigenvalue weighted by Gasteiger charge is 2.22. The smallest absolute Gasteiger partial charge is 0.253 e. The van der Waals surface area contributed by atoms with Gasteiger partial charge in [0.25, 0.3) is 5.91 Å². The number of imidazole rings is 1. The normalized spacial score (nSPS) is 20.2. The molecular weight excluding hydrogens is 330 g/mol. The summed E-state index contributed by atoms with van der Waals surface area (Å²) in [7, 11) is 0. The van der Waals surface area contributed by atoms with Crippen LogP contribution in [0.1, 0.15) is 22.3 Å². The quantitative estimate of drug-likeness (QED) is 0.650. The summed E-state index contributed by atoms with van der Waals surface area (Å²) in [5.74, 6) is -0.196. The summed E-state index contributed by atoms with van der Waals surface area (Å²) in [6.07, 6.45) is 3.45. The molecule has 134 valence electrons. The Bertz CT molecular complexity index is 909. The maximum Gasteiger partial charge on any atom is 0.253 e. The molecule has 1 aliphatic rings. The first-order valence-corrected chi connectivity index (χ1v) is 8.73. The highest BCUT2D eigenvalue weighted by molar-refractivity contribution is 5.96. The summed E-state index contributed by atoms with van der Waals surface area (Å²) in [5.41, 5.74) is 3.08. The molecule has 3 aromatic rings. The number of nitrogens with zero attached hydrogens (tertiary/aromatic N) is 3. The number of nitrogens with one attached hydrogen (secondary N) is 2. The number of aliphatic hydroxyl groups excluding tert-OH is 1. The number of β-amino-alcohol motifs (C(OH)–C–C–N with tert-alkyl or cyclic N) is 1. The number of hydrogen-bond acceptors (Lipinski definition) is 5. The average molecular weight is 351 g/mol. The molecule has 1 fully saturated rings. The van der Waals surface area contributed by atoms with Crippen LogP contribution in [-0.2, 0) is 6.54 Å². The maximum absolute atomic E-state index is 12.5. The predicted molar refractivity (Wildman–Crippen MR) is 97.8 cm³/mol. The highest BCUT2D eigenvalue weighted by atomic mass is 16.3. The number of aliphatic hydroxyl groups is 1. The summed E-state index contributed by atoms with van der Waals surface area (Å²) in [6.45, 7) is 1.91. The minimum Gasteiger partial charge on any atom is -0.392 e. The lowest BCUT2D eigenvalue weighted by Crippen LogP contribution is -2.50. The van der Waals surface area contributed by atoms with Gasteiger partial charge in [0.2, 0.25) is 0 Å². The first-order valence-electron chi connectivity index (χ1n) is 8.73. The van der Waals surface area contributed by atoms with E-state index >= 15 is 0 Å². The average Bonchev–Trinajstić information content (AvgIpc) is 3.05. The Morgan fingerprint density at radius 3 is 2.92 bits per heavy atom. The SMILES string of the molecule is O=C(N[C@@H]1CNC[C@H](O)C1)c1cnc2c(c1)ncn2Cc1ccccc1. The van der Waals surface area contributed by atoms with Crippen molar-refractivity contribution in [1.29, 1.82) is 0 Å². The van der Waals surface area contributed by atoms with Crippen LogP contribution in [0.25, 0.3) is 11.2 Å². The van der Waals surface area contributed by atoms with Crippen molar-refractivity contribution < 1.29 is 9.90 Å². The Kier molecular flexibility index (Phi) is 4.64. The number of pyridine rings is 1. The van der Waals surface area contributed by atoms with Crippen LogP contribution in [0.15, 0.2) is 48.9 Å². The van der Waals surface area contributed by atoms with Gasteiger partial charge in [0.05, 0.1) is 24.5 Å². The summed E-state index contributed by atoms with van der Waals surface area (Å²) in [6, 6.07) is 11.8. The molecule has 1 aromatic carbocycles. The van der Waals surface area contributed by atoms with Crippen molar-refractivity contribution in [2.45, 2.75) is 25.1 Å². The number of benzene rings is 1. The van der Waals surface area contributed by atoms with Crippen LogP contribution in [-0.4, -0.2) is 50.8 Å². The van der Waals surface area contributed by atoms with Crippen molar-refractivity contribution in [2.75, 3.05) is 13.1 Å². The third-order valence-electron chi connectivity index (χ3n) is 4.58. The van der Waals surface area contributed by atoms with E-state index in [-0.39, 0.29) is 11.9 Å². The Morgan fingerprint density at radius 1 is 1.27 bits per heavy atom. The van der Waals surface area contributed by atoms with Crippen LogP contribution in [0.2, 0.25) is 0 Å². The summed E-state index contributed by atoms with van der Waals surface area (Å²) < 4.78 is 1.97. The van der Waals surface area contributed by atoms with Crippen LogP contribution >= 0.6 is 0 Å². The maximum atomic E-state index is 12.5. The van der Waals surface area contributed by atoms with Crippen LogP contribution in [0.5, 0.6) is 0 Å². The van der Waals surface area contributed by atoms with Gasteiger partial charge in [-0.3, -0.25) is 4.79 Å². The van der Waals surface area contributed by atoms with Gasteiger partial charge >= 0.3 is 0 Å². The number of rotatable bonds is 4. The number of amides is 1. The Balaban J connectivity index is 1.50. The number of fused-ring (bicyclic) bond motifs is 1. The Morgan fingerprint density at radius 2 is 2.12 bits per heavy atom. The van der Waals surface area contributed by atoms with Gasteiger partial charge < -0.3 is 20.3 Å². The molecule has 0 radical (unpaired) electrons. The molecule has 7 heteroatoms. The van der Waals surface area contributed by atoms with E-state index in [0.29, 0.717) is 37.1 Å². The van der Waals surface area contributed by atoms with Crippen molar-refractivity contribution in [3.8, 4) is 0 Å². The number of hydrogen-bond donors (Lipinski definition) is 3. The summed E-state index contributed by atoms with van der Waals surface area (Å²) >= 11 is 0. The highest BCUT2D eigenvalue weighted by Crippen LogP contribution is 2.14. The molecule has 0 aliphatic carbocycles. The summed E-state index contributed by atoms with van der Waals surface area (Å²) in [5, 5.41) is 15.7. The molecule has 4 rings (SSSR count). The number of carbonyl (C=O) groups is 1. The minimum absolute atomic E-state index is 0.0856. The van der Waals surface area contributed by atoms with Gasteiger partial charge in [-0.05, 0) is 18.1 Å².